The van der Waals surface area contributed by atoms with E-state index in [1.165, 1.54) is 11.1 Å². The maximum absolute atomic E-state index is 13.9. The van der Waals surface area contributed by atoms with Crippen LogP contribution in [0.5, 0.6) is 0 Å². The number of carbonyl (C=O) groups is 3. The van der Waals surface area contributed by atoms with Crippen molar-refractivity contribution in [3.8, 4) is 0 Å². The highest BCUT2D eigenvalue weighted by Crippen LogP contribution is 2.41. The Kier molecular flexibility index (Phi) is 6.60. The summed E-state index contributed by atoms with van der Waals surface area (Å²) in [5, 5.41) is 9.14. The second-order valence-electron chi connectivity index (χ2n) is 9.98. The normalized spacial score (nSPS) is 26.1. The Morgan fingerprint density at radius 2 is 1.63 bits per heavy atom. The Morgan fingerprint density at radius 1 is 0.914 bits per heavy atom. The number of fused-ring (bicyclic) bond motifs is 4. The molecule has 2 aromatic carbocycles. The van der Waals surface area contributed by atoms with Crippen molar-refractivity contribution in [2.75, 3.05) is 7.05 Å². The van der Waals surface area contributed by atoms with Crippen molar-refractivity contribution in [1.82, 2.24) is 20.9 Å². The third kappa shape index (κ3) is 4.45. The molecule has 2 aromatic rings. The molecule has 1 aliphatic carbocycles. The summed E-state index contributed by atoms with van der Waals surface area (Å²) in [6, 6.07) is 14.5. The summed E-state index contributed by atoms with van der Waals surface area (Å²) in [5.41, 5.74) is 4.60. The van der Waals surface area contributed by atoms with Gasteiger partial charge < -0.3 is 20.9 Å². The topological polar surface area (TPSA) is 90.5 Å². The predicted octanol–water partition coefficient (Wildman–Crippen LogP) is 2.56. The quantitative estimate of drug-likeness (QED) is 0.621. The predicted molar refractivity (Wildman–Crippen MR) is 133 cm³/mol. The number of amides is 3. The average molecular weight is 475 g/mol. The molecular formula is C28H34N4O3. The van der Waals surface area contributed by atoms with Gasteiger partial charge in [0.15, 0.2) is 0 Å². The zero-order chi connectivity index (χ0) is 24.5. The lowest BCUT2D eigenvalue weighted by Gasteiger charge is -2.33. The van der Waals surface area contributed by atoms with Crippen LogP contribution in [0.4, 0.5) is 0 Å². The minimum Gasteiger partial charge on any atom is -0.347 e. The van der Waals surface area contributed by atoms with Crippen LogP contribution in [-0.4, -0.2) is 47.8 Å². The van der Waals surface area contributed by atoms with E-state index in [0.717, 1.165) is 36.8 Å². The molecule has 0 bridgehead atoms. The van der Waals surface area contributed by atoms with E-state index in [-0.39, 0.29) is 29.8 Å². The van der Waals surface area contributed by atoms with Crippen molar-refractivity contribution in [3.63, 3.8) is 0 Å². The molecule has 2 heterocycles. The second kappa shape index (κ2) is 9.82. The van der Waals surface area contributed by atoms with Gasteiger partial charge in [-0.25, -0.2) is 0 Å². The van der Waals surface area contributed by atoms with E-state index < -0.39 is 18.1 Å². The highest BCUT2D eigenvalue weighted by Gasteiger charge is 2.47. The molecule has 1 fully saturated rings. The molecule has 5 rings (SSSR count). The number of nitrogens with zero attached hydrogens (tertiary/aromatic N) is 1. The second-order valence-corrected chi connectivity index (χ2v) is 9.98. The molecule has 0 radical (unpaired) electrons. The summed E-state index contributed by atoms with van der Waals surface area (Å²) in [6.07, 6.45) is 4.73. The highest BCUT2D eigenvalue weighted by atomic mass is 16.2. The Labute approximate surface area is 206 Å². The maximum atomic E-state index is 13.9. The molecule has 184 valence electrons. The van der Waals surface area contributed by atoms with Gasteiger partial charge in [-0.05, 0) is 68.3 Å². The van der Waals surface area contributed by atoms with Crippen LogP contribution in [0.15, 0.2) is 48.5 Å². The van der Waals surface area contributed by atoms with Gasteiger partial charge in [0.25, 0.3) is 0 Å². The van der Waals surface area contributed by atoms with Gasteiger partial charge in [-0.15, -0.1) is 0 Å². The van der Waals surface area contributed by atoms with Crippen LogP contribution < -0.4 is 16.0 Å². The summed E-state index contributed by atoms with van der Waals surface area (Å²) in [4.78, 5) is 41.9. The molecule has 5 atom stereocenters. The van der Waals surface area contributed by atoms with Crippen LogP contribution in [0, 0.1) is 0 Å². The van der Waals surface area contributed by atoms with E-state index >= 15 is 0 Å². The fraction of sp³-hybridized carbons (Fsp3) is 0.464. The van der Waals surface area contributed by atoms with Crippen LogP contribution >= 0.6 is 0 Å². The molecule has 0 saturated carbocycles. The first-order valence-electron chi connectivity index (χ1n) is 12.7. The highest BCUT2D eigenvalue weighted by molar-refractivity contribution is 5.94. The average Bonchev–Trinajstić information content (AvgIpc) is 3.28. The van der Waals surface area contributed by atoms with Crippen LogP contribution in [0.2, 0.25) is 0 Å². The van der Waals surface area contributed by atoms with Crippen LogP contribution in [0.25, 0.3) is 0 Å². The maximum Gasteiger partial charge on any atom is 0.246 e. The molecule has 3 amide bonds. The minimum atomic E-state index is -0.701. The van der Waals surface area contributed by atoms with Crippen molar-refractivity contribution in [3.05, 3.63) is 70.8 Å². The van der Waals surface area contributed by atoms with E-state index in [4.69, 9.17) is 0 Å². The smallest absolute Gasteiger partial charge is 0.246 e. The van der Waals surface area contributed by atoms with Gasteiger partial charge in [0.05, 0.1) is 18.1 Å². The van der Waals surface area contributed by atoms with Crippen molar-refractivity contribution < 1.29 is 14.4 Å². The van der Waals surface area contributed by atoms with Crippen molar-refractivity contribution in [2.24, 2.45) is 0 Å². The minimum absolute atomic E-state index is 0.0344. The standard InChI is InChI=1S/C28H34N4O3/c1-17(29-2)26(33)31-23-16-19-9-4-6-12-21(19)24-14-15-25(32(24)28(23)35)27(34)30-22-13-7-10-18-8-3-5-11-20(18)22/h3-6,8-9,11-12,17,22-25,29H,7,10,13-16H2,1-2H3,(H,30,34)(H,31,33). The van der Waals surface area contributed by atoms with Gasteiger partial charge in [0.2, 0.25) is 17.7 Å². The fourth-order valence-corrected chi connectivity index (χ4v) is 5.93. The molecule has 3 aliphatic rings. The van der Waals surface area contributed by atoms with E-state index in [2.05, 4.69) is 34.1 Å². The number of likely N-dealkylation sites (N-methyl/N-ethyl adjacent to an activating group) is 1. The van der Waals surface area contributed by atoms with Crippen molar-refractivity contribution >= 4 is 17.7 Å². The Bertz CT molecular complexity index is 1130. The summed E-state index contributed by atoms with van der Waals surface area (Å²) in [7, 11) is 1.72. The van der Waals surface area contributed by atoms with Gasteiger partial charge >= 0.3 is 0 Å². The molecule has 0 spiro atoms. The van der Waals surface area contributed by atoms with Gasteiger partial charge in [-0.2, -0.15) is 0 Å². The monoisotopic (exact) mass is 474 g/mol. The fourth-order valence-electron chi connectivity index (χ4n) is 5.93. The molecule has 35 heavy (non-hydrogen) atoms. The number of rotatable bonds is 5. The van der Waals surface area contributed by atoms with Gasteiger partial charge in [-0.1, -0.05) is 48.5 Å². The molecule has 1 saturated heterocycles. The first-order chi connectivity index (χ1) is 17.0. The summed E-state index contributed by atoms with van der Waals surface area (Å²) >= 11 is 0. The third-order valence-electron chi connectivity index (χ3n) is 7.91. The summed E-state index contributed by atoms with van der Waals surface area (Å²) < 4.78 is 0. The Balaban J connectivity index is 1.42. The molecule has 3 N–H and O–H groups in total. The summed E-state index contributed by atoms with van der Waals surface area (Å²) in [6.45, 7) is 1.77. The summed E-state index contributed by atoms with van der Waals surface area (Å²) in [5.74, 6) is -0.499. The largest absolute Gasteiger partial charge is 0.347 e. The van der Waals surface area contributed by atoms with Gasteiger partial charge in [0.1, 0.15) is 12.1 Å². The Hall–Kier alpha value is -3.19. The molecule has 7 nitrogen and oxygen atoms in total. The van der Waals surface area contributed by atoms with Crippen LogP contribution in [0.3, 0.4) is 0 Å². The van der Waals surface area contributed by atoms with Crippen molar-refractivity contribution in [2.45, 2.75) is 75.7 Å². The number of nitrogens with one attached hydrogen (secondary N) is 3. The molecule has 0 aromatic heterocycles. The van der Waals surface area contributed by atoms with Crippen LogP contribution in [-0.2, 0) is 27.2 Å². The molecule has 5 unspecified atom stereocenters. The molecule has 7 heteroatoms. The molecular weight excluding hydrogens is 440 g/mol. The lowest BCUT2D eigenvalue weighted by molar-refractivity contribution is -0.143. The lowest BCUT2D eigenvalue weighted by Crippen LogP contribution is -2.55. The van der Waals surface area contributed by atoms with E-state index in [0.29, 0.717) is 12.8 Å². The van der Waals surface area contributed by atoms with E-state index in [1.54, 1.807) is 18.9 Å². The number of benzene rings is 2. The van der Waals surface area contributed by atoms with Gasteiger partial charge in [-0.3, -0.25) is 14.4 Å². The zero-order valence-electron chi connectivity index (χ0n) is 20.4. The van der Waals surface area contributed by atoms with Crippen molar-refractivity contribution in [1.29, 1.82) is 0 Å². The number of carbonyl (C=O) groups excluding carboxylic acids is 3. The molecule has 2 aliphatic heterocycles. The third-order valence-corrected chi connectivity index (χ3v) is 7.91. The van der Waals surface area contributed by atoms with Gasteiger partial charge in [0, 0.05) is 6.42 Å². The first kappa shape index (κ1) is 23.5. The number of aryl methyl sites for hydroxylation is 1. The Morgan fingerprint density at radius 3 is 2.40 bits per heavy atom. The van der Waals surface area contributed by atoms with E-state index in [9.17, 15) is 14.4 Å². The number of hydrogen-bond donors (Lipinski definition) is 3. The van der Waals surface area contributed by atoms with Crippen LogP contribution in [0.1, 0.15) is 66.9 Å². The zero-order valence-corrected chi connectivity index (χ0v) is 20.4. The number of hydrogen-bond acceptors (Lipinski definition) is 4. The first-order valence-corrected chi connectivity index (χ1v) is 12.7. The van der Waals surface area contributed by atoms with E-state index in [1.807, 2.05) is 30.3 Å². The lowest BCUT2D eigenvalue weighted by atomic mass is 9.87. The SMILES string of the molecule is CNC(C)C(=O)NC1Cc2ccccc2C2CCC(C(=O)NC3CCCc4ccccc43)N2C1=O.